The van der Waals surface area contributed by atoms with Gasteiger partial charge in [-0.05, 0) is 115 Å². The van der Waals surface area contributed by atoms with E-state index in [9.17, 15) is 14.4 Å². The second-order valence-electron chi connectivity index (χ2n) is 14.4. The molecule has 0 atom stereocenters. The number of nitrogens with two attached hydrogens (primary N) is 1. The summed E-state index contributed by atoms with van der Waals surface area (Å²) in [5.41, 5.74) is 7.10. The van der Waals surface area contributed by atoms with Crippen LogP contribution >= 0.6 is 0 Å². The molecule has 3 aromatic carbocycles. The van der Waals surface area contributed by atoms with Crippen LogP contribution in [0.2, 0.25) is 0 Å². The Morgan fingerprint density at radius 2 is 1.33 bits per heavy atom. The highest BCUT2D eigenvalue weighted by atomic mass is 16.6. The minimum absolute atomic E-state index is 0.0262. The van der Waals surface area contributed by atoms with Crippen molar-refractivity contribution < 1.29 is 38.5 Å². The maximum Gasteiger partial charge on any atom is 0.407 e. The van der Waals surface area contributed by atoms with E-state index in [4.69, 9.17) is 29.9 Å². The molecule has 0 unspecified atom stereocenters. The smallest absolute Gasteiger partial charge is 0.407 e. The number of rotatable bonds is 11. The highest BCUT2D eigenvalue weighted by Gasteiger charge is 2.26. The minimum Gasteiger partial charge on any atom is -0.489 e. The molecule has 13 nitrogen and oxygen atoms in total. The van der Waals surface area contributed by atoms with E-state index in [0.29, 0.717) is 54.1 Å². The van der Waals surface area contributed by atoms with Gasteiger partial charge in [0.15, 0.2) is 5.84 Å². The quantitative estimate of drug-likeness (QED) is 0.0625. The molecule has 4 rings (SSSR count). The maximum absolute atomic E-state index is 13.6. The Hall–Kier alpha value is -5.46. The first-order chi connectivity index (χ1) is 24.0. The van der Waals surface area contributed by atoms with Crippen molar-refractivity contribution in [3.05, 3.63) is 89.0 Å². The van der Waals surface area contributed by atoms with Crippen molar-refractivity contribution in [2.45, 2.75) is 104 Å². The molecule has 0 aromatic heterocycles. The van der Waals surface area contributed by atoms with Crippen molar-refractivity contribution in [3.63, 3.8) is 0 Å². The molecule has 0 heterocycles. The van der Waals surface area contributed by atoms with E-state index in [-0.39, 0.29) is 37.0 Å². The maximum atomic E-state index is 13.6. The van der Waals surface area contributed by atoms with Crippen LogP contribution in [-0.2, 0) is 22.6 Å². The lowest BCUT2D eigenvalue weighted by Crippen LogP contribution is -2.45. The summed E-state index contributed by atoms with van der Waals surface area (Å²) in [4.78, 5) is 37.9. The zero-order valence-corrected chi connectivity index (χ0v) is 30.1. The summed E-state index contributed by atoms with van der Waals surface area (Å²) in [7, 11) is 0. The molecule has 0 spiro atoms. The molecule has 0 saturated heterocycles. The summed E-state index contributed by atoms with van der Waals surface area (Å²) in [5.74, 6) is 0.929. The lowest BCUT2D eigenvalue weighted by Gasteiger charge is -2.30. The van der Waals surface area contributed by atoms with Gasteiger partial charge in [0.25, 0.3) is 5.91 Å². The molecule has 0 aliphatic heterocycles. The second-order valence-corrected chi connectivity index (χ2v) is 14.4. The third kappa shape index (κ3) is 13.1. The molecule has 51 heavy (non-hydrogen) atoms. The highest BCUT2D eigenvalue weighted by Crippen LogP contribution is 2.29. The number of carbonyl (C=O) groups is 3. The predicted octanol–water partition coefficient (Wildman–Crippen LogP) is 6.74. The van der Waals surface area contributed by atoms with Crippen LogP contribution in [0.3, 0.4) is 0 Å². The molecule has 1 aliphatic carbocycles. The van der Waals surface area contributed by atoms with Crippen LogP contribution in [0.25, 0.3) is 0 Å². The highest BCUT2D eigenvalue weighted by molar-refractivity contribution is 5.97. The molecule has 1 fully saturated rings. The number of alkyl carbamates (subject to hydrolysis) is 2. The SMILES string of the molecule is CC(C)(C)OC(=O)NCc1cccc(COc2cc(Oc3ccc(/C(N)=N/O)cc3)cc(C(=O)NC3CCC(NC(=O)OC(C)(C)C)CC3)c2)c1. The first-order valence-electron chi connectivity index (χ1n) is 16.9. The van der Waals surface area contributed by atoms with Gasteiger partial charge in [0, 0.05) is 35.8 Å². The molecule has 0 bridgehead atoms. The Kier molecular flexibility index (Phi) is 12.8. The second kappa shape index (κ2) is 17.0. The summed E-state index contributed by atoms with van der Waals surface area (Å²) >= 11 is 0. The summed E-state index contributed by atoms with van der Waals surface area (Å²) in [6.45, 7) is 11.3. The lowest BCUT2D eigenvalue weighted by molar-refractivity contribution is 0.0485. The first-order valence-corrected chi connectivity index (χ1v) is 16.9. The molecule has 3 amide bonds. The fraction of sp³-hybridized carbons (Fsp3) is 0.421. The van der Waals surface area contributed by atoms with Crippen LogP contribution < -0.4 is 31.2 Å². The number of nitrogens with zero attached hydrogens (tertiary/aromatic N) is 1. The number of benzene rings is 3. The number of oxime groups is 1. The topological polar surface area (TPSA) is 183 Å². The van der Waals surface area contributed by atoms with Crippen molar-refractivity contribution in [1.82, 2.24) is 16.0 Å². The number of amidine groups is 1. The Labute approximate surface area is 298 Å². The van der Waals surface area contributed by atoms with Gasteiger partial charge in [-0.25, -0.2) is 9.59 Å². The van der Waals surface area contributed by atoms with Gasteiger partial charge in [0.05, 0.1) is 0 Å². The Morgan fingerprint density at radius 1 is 0.745 bits per heavy atom. The van der Waals surface area contributed by atoms with E-state index < -0.39 is 23.4 Å². The molecule has 6 N–H and O–H groups in total. The molecular formula is C38H49N5O8. The van der Waals surface area contributed by atoms with Crippen molar-refractivity contribution >= 4 is 23.9 Å². The number of ether oxygens (including phenoxy) is 4. The Morgan fingerprint density at radius 3 is 1.96 bits per heavy atom. The van der Waals surface area contributed by atoms with E-state index in [1.807, 2.05) is 45.0 Å². The van der Waals surface area contributed by atoms with Crippen LogP contribution in [0.1, 0.15) is 94.3 Å². The van der Waals surface area contributed by atoms with Crippen LogP contribution in [0.5, 0.6) is 17.2 Å². The van der Waals surface area contributed by atoms with Gasteiger partial charge in [-0.15, -0.1) is 0 Å². The molecule has 1 aliphatic rings. The van der Waals surface area contributed by atoms with Gasteiger partial charge >= 0.3 is 12.2 Å². The van der Waals surface area contributed by atoms with Crippen LogP contribution in [0.15, 0.2) is 71.9 Å². The normalized spacial score (nSPS) is 16.4. The monoisotopic (exact) mass is 703 g/mol. The van der Waals surface area contributed by atoms with E-state index in [0.717, 1.165) is 11.1 Å². The fourth-order valence-electron chi connectivity index (χ4n) is 5.34. The first kappa shape index (κ1) is 38.3. The zero-order chi connectivity index (χ0) is 37.2. The Balaban J connectivity index is 1.44. The van der Waals surface area contributed by atoms with Gasteiger partial charge in [-0.2, -0.15) is 0 Å². The molecular weight excluding hydrogens is 654 g/mol. The van der Waals surface area contributed by atoms with Crippen molar-refractivity contribution in [2.24, 2.45) is 10.9 Å². The average molecular weight is 704 g/mol. The number of nitrogens with one attached hydrogen (secondary N) is 3. The van der Waals surface area contributed by atoms with Gasteiger partial charge in [0.2, 0.25) is 0 Å². The van der Waals surface area contributed by atoms with Gasteiger partial charge in [-0.1, -0.05) is 29.4 Å². The van der Waals surface area contributed by atoms with Gasteiger partial charge in [-0.3, -0.25) is 4.79 Å². The Bertz CT molecular complexity index is 1690. The van der Waals surface area contributed by atoms with Crippen LogP contribution in [0.4, 0.5) is 9.59 Å². The van der Waals surface area contributed by atoms with Crippen molar-refractivity contribution in [3.8, 4) is 17.2 Å². The summed E-state index contributed by atoms with van der Waals surface area (Å²) < 4.78 is 23.0. The average Bonchev–Trinajstić information content (AvgIpc) is 3.06. The predicted molar refractivity (Wildman–Crippen MR) is 192 cm³/mol. The van der Waals surface area contributed by atoms with E-state index in [2.05, 4.69) is 21.1 Å². The summed E-state index contributed by atoms with van der Waals surface area (Å²) in [5, 5.41) is 20.8. The number of amides is 3. The van der Waals surface area contributed by atoms with Gasteiger partial charge in [0.1, 0.15) is 35.1 Å². The van der Waals surface area contributed by atoms with Crippen LogP contribution in [0, 0.1) is 0 Å². The molecule has 0 radical (unpaired) electrons. The van der Waals surface area contributed by atoms with Crippen molar-refractivity contribution in [1.29, 1.82) is 0 Å². The van der Waals surface area contributed by atoms with E-state index >= 15 is 0 Å². The standard InChI is InChI=1S/C38H49N5O8/c1-37(2,3)50-35(45)40-22-24-8-7-9-25(18-24)23-48-31-19-27(20-32(21-31)49-30-16-10-26(11-17-30)33(39)43-47)34(44)41-28-12-14-29(15-13-28)42-36(46)51-38(4,5)6/h7-11,16-21,28-29,47H,12-15,22-23H2,1-6H3,(H2,39,43)(H,40,45)(H,41,44)(H,42,46). The van der Waals surface area contributed by atoms with Gasteiger partial charge < -0.3 is 45.8 Å². The fourth-order valence-corrected chi connectivity index (χ4v) is 5.34. The zero-order valence-electron chi connectivity index (χ0n) is 30.1. The number of hydrogen-bond donors (Lipinski definition) is 5. The third-order valence-electron chi connectivity index (χ3n) is 7.65. The molecule has 1 saturated carbocycles. The molecule has 3 aromatic rings. The van der Waals surface area contributed by atoms with Crippen LogP contribution in [-0.4, -0.2) is 52.4 Å². The van der Waals surface area contributed by atoms with E-state index in [1.54, 1.807) is 63.2 Å². The summed E-state index contributed by atoms with van der Waals surface area (Å²) in [6.07, 6.45) is 1.85. The molecule has 274 valence electrons. The third-order valence-corrected chi connectivity index (χ3v) is 7.65. The largest absolute Gasteiger partial charge is 0.489 e. The summed E-state index contributed by atoms with van der Waals surface area (Å²) in [6, 6.07) is 19.1. The minimum atomic E-state index is -0.597. The molecule has 13 heteroatoms. The lowest BCUT2D eigenvalue weighted by atomic mass is 9.91. The number of hydrogen-bond acceptors (Lipinski definition) is 9. The van der Waals surface area contributed by atoms with E-state index in [1.165, 1.54) is 0 Å². The number of carbonyl (C=O) groups excluding carboxylic acids is 3. The van der Waals surface area contributed by atoms with Crippen molar-refractivity contribution in [2.75, 3.05) is 0 Å².